The van der Waals surface area contributed by atoms with E-state index in [2.05, 4.69) is 15.0 Å². The average molecular weight is 469 g/mol. The van der Waals surface area contributed by atoms with Crippen LogP contribution in [0.1, 0.15) is 50.6 Å². The van der Waals surface area contributed by atoms with Gasteiger partial charge in [0.2, 0.25) is 10.0 Å². The summed E-state index contributed by atoms with van der Waals surface area (Å²) in [6, 6.07) is 4.00. The molecular weight excluding hydrogens is 439 g/mol. The Morgan fingerprint density at radius 3 is 2.62 bits per heavy atom. The van der Waals surface area contributed by atoms with Gasteiger partial charge in [-0.3, -0.25) is 4.68 Å². The molecule has 2 aromatic rings. The van der Waals surface area contributed by atoms with Gasteiger partial charge in [0.25, 0.3) is 0 Å². The van der Waals surface area contributed by atoms with E-state index in [0.29, 0.717) is 44.3 Å². The van der Waals surface area contributed by atoms with Crippen molar-refractivity contribution in [3.8, 4) is 0 Å². The van der Waals surface area contributed by atoms with Crippen LogP contribution in [-0.2, 0) is 26.9 Å². The maximum atomic E-state index is 13.1. The smallest absolute Gasteiger partial charge is 0.240 e. The first-order valence-electron chi connectivity index (χ1n) is 11.0. The van der Waals surface area contributed by atoms with Gasteiger partial charge >= 0.3 is 0 Å². The van der Waals surface area contributed by atoms with Crippen molar-refractivity contribution in [2.24, 2.45) is 0 Å². The highest BCUT2D eigenvalue weighted by Gasteiger charge is 2.36. The fourth-order valence-corrected chi connectivity index (χ4v) is 5.77. The minimum Gasteiger partial charge on any atom is -0.394 e. The molecule has 0 bridgehead atoms. The monoisotopic (exact) mass is 468 g/mol. The maximum absolute atomic E-state index is 13.1. The Labute approximate surface area is 186 Å². The summed E-state index contributed by atoms with van der Waals surface area (Å²) in [4.78, 5) is -0.0383. The van der Waals surface area contributed by atoms with Crippen LogP contribution >= 0.6 is 0 Å². The molecule has 32 heavy (non-hydrogen) atoms. The van der Waals surface area contributed by atoms with Crippen LogP contribution in [0.5, 0.6) is 0 Å². The Bertz CT molecular complexity index is 1010. The van der Waals surface area contributed by atoms with Crippen LogP contribution in [0.2, 0.25) is 0 Å². The summed E-state index contributed by atoms with van der Waals surface area (Å²) in [5.74, 6) is -0.516. The van der Waals surface area contributed by atoms with E-state index in [0.717, 1.165) is 25.0 Å². The van der Waals surface area contributed by atoms with Gasteiger partial charge in [0.05, 0.1) is 35.9 Å². The molecule has 0 radical (unpaired) electrons. The van der Waals surface area contributed by atoms with Gasteiger partial charge in [-0.25, -0.2) is 17.5 Å². The van der Waals surface area contributed by atoms with Gasteiger partial charge in [0.15, 0.2) is 0 Å². The number of hydrogen-bond acceptors (Lipinski definition) is 7. The Morgan fingerprint density at radius 1 is 1.22 bits per heavy atom. The fourth-order valence-electron chi connectivity index (χ4n) is 4.47. The summed E-state index contributed by atoms with van der Waals surface area (Å²) in [6.45, 7) is 0.214. The van der Waals surface area contributed by atoms with Crippen molar-refractivity contribution in [2.75, 3.05) is 6.61 Å². The number of sulfonamides is 1. The van der Waals surface area contributed by atoms with E-state index in [9.17, 15) is 23.0 Å². The molecule has 1 aliphatic carbocycles. The van der Waals surface area contributed by atoms with Gasteiger partial charge in [-0.05, 0) is 56.4 Å². The molecule has 2 heterocycles. The molecule has 176 valence electrons. The van der Waals surface area contributed by atoms with Gasteiger partial charge in [0.1, 0.15) is 17.1 Å². The normalized spacial score (nSPS) is 25.8. The first-order valence-corrected chi connectivity index (χ1v) is 12.4. The molecule has 1 aromatic heterocycles. The lowest BCUT2D eigenvalue weighted by atomic mass is 9.98. The first-order chi connectivity index (χ1) is 15.3. The zero-order valence-electron chi connectivity index (χ0n) is 17.7. The van der Waals surface area contributed by atoms with Crippen molar-refractivity contribution in [1.82, 2.24) is 19.7 Å². The quantitative estimate of drug-likeness (QED) is 0.535. The van der Waals surface area contributed by atoms with Crippen LogP contribution in [0.4, 0.5) is 4.39 Å². The third-order valence-electron chi connectivity index (χ3n) is 6.35. The first kappa shape index (κ1) is 23.2. The van der Waals surface area contributed by atoms with Gasteiger partial charge in [-0.15, -0.1) is 5.10 Å². The Kier molecular flexibility index (Phi) is 6.91. The van der Waals surface area contributed by atoms with Crippen molar-refractivity contribution >= 4 is 10.0 Å². The standard InChI is InChI=1S/C21H29FN4O5S/c22-15-3-6-17(7-4-15)32(29,30)24-18-8-5-16(31-19(18)14-27)9-12-26-13-20(23-25-26)21(28)10-1-2-11-21/h3-4,6-7,13,16,18-19,24,27-28H,1-2,5,8-12,14H2/t16-,18+,19+/m1/s1. The molecule has 9 nitrogen and oxygen atoms in total. The minimum atomic E-state index is -3.86. The number of benzene rings is 1. The number of rotatable bonds is 8. The van der Waals surface area contributed by atoms with Crippen molar-refractivity contribution in [1.29, 1.82) is 0 Å². The zero-order chi connectivity index (χ0) is 22.8. The molecule has 1 aliphatic heterocycles. The van der Waals surface area contributed by atoms with E-state index < -0.39 is 33.6 Å². The number of aromatic nitrogens is 3. The van der Waals surface area contributed by atoms with Crippen molar-refractivity contribution in [3.63, 3.8) is 0 Å². The molecule has 2 fully saturated rings. The van der Waals surface area contributed by atoms with E-state index in [1.54, 1.807) is 10.9 Å². The van der Waals surface area contributed by atoms with Gasteiger partial charge in [0, 0.05) is 6.54 Å². The van der Waals surface area contributed by atoms with Crippen LogP contribution in [0.25, 0.3) is 0 Å². The topological polar surface area (TPSA) is 127 Å². The molecule has 0 unspecified atom stereocenters. The number of nitrogens with zero attached hydrogens (tertiary/aromatic N) is 3. The summed E-state index contributed by atoms with van der Waals surface area (Å²) in [5, 5.41) is 28.6. The number of nitrogens with one attached hydrogen (secondary N) is 1. The zero-order valence-corrected chi connectivity index (χ0v) is 18.5. The van der Waals surface area contributed by atoms with E-state index in [4.69, 9.17) is 4.74 Å². The van der Waals surface area contributed by atoms with E-state index in [-0.39, 0.29) is 17.6 Å². The second-order valence-corrected chi connectivity index (χ2v) is 10.3. The molecule has 2 aliphatic rings. The minimum absolute atomic E-state index is 0.0383. The maximum Gasteiger partial charge on any atom is 0.240 e. The third-order valence-corrected chi connectivity index (χ3v) is 7.86. The van der Waals surface area contributed by atoms with E-state index in [1.807, 2.05) is 0 Å². The summed E-state index contributed by atoms with van der Waals surface area (Å²) in [6.07, 6.45) is 6.01. The van der Waals surface area contributed by atoms with Crippen LogP contribution in [0.3, 0.4) is 0 Å². The van der Waals surface area contributed by atoms with Crippen molar-refractivity contribution < 1.29 is 27.8 Å². The molecule has 11 heteroatoms. The predicted molar refractivity (Wildman–Crippen MR) is 112 cm³/mol. The van der Waals surface area contributed by atoms with Gasteiger partial charge in [-0.1, -0.05) is 18.1 Å². The van der Waals surface area contributed by atoms with Crippen LogP contribution in [0, 0.1) is 5.82 Å². The summed E-state index contributed by atoms with van der Waals surface area (Å²) >= 11 is 0. The number of aliphatic hydroxyl groups is 2. The molecule has 0 spiro atoms. The van der Waals surface area contributed by atoms with Crippen LogP contribution in [0.15, 0.2) is 35.4 Å². The van der Waals surface area contributed by atoms with Crippen molar-refractivity contribution in [3.05, 3.63) is 42.0 Å². The SMILES string of the molecule is O=S(=O)(N[C@H]1CC[C@H](CCn2cc(C3(O)CCCC3)nn2)O[C@H]1CO)c1ccc(F)cc1. The molecule has 1 saturated heterocycles. The Hall–Kier alpha value is -1.92. The summed E-state index contributed by atoms with van der Waals surface area (Å²) in [7, 11) is -3.86. The number of halogens is 1. The summed E-state index contributed by atoms with van der Waals surface area (Å²) < 4.78 is 48.5. The number of aryl methyl sites for hydroxylation is 1. The average Bonchev–Trinajstić information content (AvgIpc) is 3.43. The number of ether oxygens (including phenoxy) is 1. The molecule has 1 aromatic carbocycles. The van der Waals surface area contributed by atoms with Crippen LogP contribution < -0.4 is 4.72 Å². The number of hydrogen-bond donors (Lipinski definition) is 3. The lowest BCUT2D eigenvalue weighted by Crippen LogP contribution is -2.50. The fraction of sp³-hybridized carbons (Fsp3) is 0.619. The second kappa shape index (κ2) is 9.52. The highest BCUT2D eigenvalue weighted by atomic mass is 32.2. The Morgan fingerprint density at radius 2 is 1.94 bits per heavy atom. The highest BCUT2D eigenvalue weighted by Crippen LogP contribution is 2.37. The van der Waals surface area contributed by atoms with Gasteiger partial charge in [-0.2, -0.15) is 0 Å². The van der Waals surface area contributed by atoms with E-state index in [1.165, 1.54) is 12.1 Å². The number of aliphatic hydroxyl groups excluding tert-OH is 1. The van der Waals surface area contributed by atoms with Gasteiger partial charge < -0.3 is 14.9 Å². The highest BCUT2D eigenvalue weighted by molar-refractivity contribution is 7.89. The lowest BCUT2D eigenvalue weighted by molar-refractivity contribution is -0.0891. The third kappa shape index (κ3) is 5.18. The van der Waals surface area contributed by atoms with Crippen molar-refractivity contribution in [2.45, 2.75) is 80.2 Å². The molecule has 1 saturated carbocycles. The molecule has 3 atom stereocenters. The molecular formula is C21H29FN4O5S. The second-order valence-electron chi connectivity index (χ2n) is 8.63. The lowest BCUT2D eigenvalue weighted by Gasteiger charge is -2.36. The molecule has 0 amide bonds. The largest absolute Gasteiger partial charge is 0.394 e. The molecule has 3 N–H and O–H groups in total. The molecule has 4 rings (SSSR count). The summed E-state index contributed by atoms with van der Waals surface area (Å²) in [5.41, 5.74) is -0.278. The predicted octanol–water partition coefficient (Wildman–Crippen LogP) is 1.46. The van der Waals surface area contributed by atoms with Crippen LogP contribution in [-0.4, -0.2) is 58.5 Å². The van der Waals surface area contributed by atoms with E-state index >= 15 is 0 Å². The Balaban J connectivity index is 1.32.